The van der Waals surface area contributed by atoms with Crippen LogP contribution in [0.4, 0.5) is 5.69 Å². The highest BCUT2D eigenvalue weighted by molar-refractivity contribution is 7.98. The van der Waals surface area contributed by atoms with Crippen molar-refractivity contribution in [1.82, 2.24) is 10.1 Å². The molecule has 3 aromatic rings. The van der Waals surface area contributed by atoms with Crippen molar-refractivity contribution in [3.8, 4) is 11.3 Å². The standard InChI is InChI=1S/C19H14Cl2N4O2S/c1-10(26)24-14-9-4-3-6-11(14)16-17(27)22-19(28-2)23-25(16)18(24)12-7-5-8-13(20)15(12)21/h3-9,18H,1-2H3/p+1. The van der Waals surface area contributed by atoms with E-state index in [4.69, 9.17) is 23.2 Å². The fourth-order valence-electron chi connectivity index (χ4n) is 3.41. The molecule has 28 heavy (non-hydrogen) atoms. The number of halogens is 2. The van der Waals surface area contributed by atoms with Gasteiger partial charge in [0.15, 0.2) is 0 Å². The number of aromatic nitrogens is 3. The lowest BCUT2D eigenvalue weighted by atomic mass is 10.0. The van der Waals surface area contributed by atoms with Crippen LogP contribution in [0, 0.1) is 0 Å². The third-order valence-electron chi connectivity index (χ3n) is 4.55. The van der Waals surface area contributed by atoms with Gasteiger partial charge in [-0.3, -0.25) is 14.6 Å². The Balaban J connectivity index is 2.13. The molecule has 0 saturated carbocycles. The third-order valence-corrected chi connectivity index (χ3v) is 5.95. The van der Waals surface area contributed by atoms with Gasteiger partial charge in [0.25, 0.3) is 6.17 Å². The zero-order valence-corrected chi connectivity index (χ0v) is 17.3. The normalized spacial score (nSPS) is 15.1. The number of anilines is 1. The maximum atomic E-state index is 12.9. The predicted molar refractivity (Wildman–Crippen MR) is 110 cm³/mol. The Morgan fingerprint density at radius 1 is 1.21 bits per heavy atom. The number of thioether (sulfide) groups is 1. The zero-order chi connectivity index (χ0) is 20.0. The van der Waals surface area contributed by atoms with E-state index in [0.29, 0.717) is 37.7 Å². The lowest BCUT2D eigenvalue weighted by Gasteiger charge is -2.31. The van der Waals surface area contributed by atoms with Crippen molar-refractivity contribution in [2.24, 2.45) is 0 Å². The molecule has 2 heterocycles. The Hall–Kier alpha value is -2.35. The molecule has 0 radical (unpaired) electrons. The summed E-state index contributed by atoms with van der Waals surface area (Å²) >= 11 is 14.0. The number of aromatic amines is 1. The van der Waals surface area contributed by atoms with Gasteiger partial charge in [-0.15, -0.1) is 0 Å². The molecule has 1 N–H and O–H groups in total. The number of benzene rings is 2. The molecule has 1 amide bonds. The number of H-pyrrole nitrogens is 1. The molecule has 142 valence electrons. The highest BCUT2D eigenvalue weighted by Crippen LogP contribution is 2.40. The highest BCUT2D eigenvalue weighted by atomic mass is 35.5. The van der Waals surface area contributed by atoms with Crippen molar-refractivity contribution < 1.29 is 9.48 Å². The van der Waals surface area contributed by atoms with Crippen molar-refractivity contribution in [3.63, 3.8) is 0 Å². The van der Waals surface area contributed by atoms with Gasteiger partial charge in [-0.05, 0) is 35.2 Å². The minimum atomic E-state index is -0.748. The summed E-state index contributed by atoms with van der Waals surface area (Å²) in [5, 5.41) is 5.68. The van der Waals surface area contributed by atoms with Gasteiger partial charge < -0.3 is 0 Å². The van der Waals surface area contributed by atoms with Crippen LogP contribution in [0.3, 0.4) is 0 Å². The van der Waals surface area contributed by atoms with Crippen molar-refractivity contribution in [3.05, 3.63) is 68.4 Å². The van der Waals surface area contributed by atoms with Crippen LogP contribution >= 0.6 is 35.0 Å². The molecule has 1 unspecified atom stereocenters. The average Bonchev–Trinajstić information content (AvgIpc) is 2.68. The minimum absolute atomic E-state index is 0.209. The monoisotopic (exact) mass is 433 g/mol. The number of para-hydroxylation sites is 1. The molecule has 4 rings (SSSR count). The molecule has 0 bridgehead atoms. The molecule has 2 aromatic carbocycles. The summed E-state index contributed by atoms with van der Waals surface area (Å²) in [4.78, 5) is 30.0. The van der Waals surface area contributed by atoms with Gasteiger partial charge in [-0.1, -0.05) is 53.2 Å². The second-order valence-electron chi connectivity index (χ2n) is 6.18. The molecular formula is C19H15Cl2N4O2S+. The Morgan fingerprint density at radius 2 is 1.96 bits per heavy atom. The highest BCUT2D eigenvalue weighted by Gasteiger charge is 2.45. The first kappa shape index (κ1) is 19.0. The van der Waals surface area contributed by atoms with Gasteiger partial charge >= 0.3 is 11.3 Å². The summed E-state index contributed by atoms with van der Waals surface area (Å²) in [5.74, 6) is -0.209. The van der Waals surface area contributed by atoms with Gasteiger partial charge in [0.05, 0.1) is 26.9 Å². The first-order chi connectivity index (χ1) is 13.4. The minimum Gasteiger partial charge on any atom is -0.291 e. The number of carbonyl (C=O) groups is 1. The molecule has 9 heteroatoms. The molecule has 1 aliphatic heterocycles. The summed E-state index contributed by atoms with van der Waals surface area (Å²) in [6.45, 7) is 1.47. The Morgan fingerprint density at radius 3 is 2.68 bits per heavy atom. The van der Waals surface area contributed by atoms with E-state index in [1.165, 1.54) is 18.7 Å². The molecule has 1 aliphatic rings. The predicted octanol–water partition coefficient (Wildman–Crippen LogP) is 3.67. The van der Waals surface area contributed by atoms with Crippen molar-refractivity contribution in [2.45, 2.75) is 18.2 Å². The van der Waals surface area contributed by atoms with Gasteiger partial charge in [0.2, 0.25) is 11.1 Å². The second kappa shape index (κ2) is 7.24. The number of nitrogens with zero attached hydrogens (tertiary/aromatic N) is 3. The van der Waals surface area contributed by atoms with E-state index in [2.05, 4.69) is 10.1 Å². The molecule has 1 aromatic heterocycles. The Labute approximate surface area is 175 Å². The van der Waals surface area contributed by atoms with E-state index < -0.39 is 6.17 Å². The number of hydrogen-bond donors (Lipinski definition) is 1. The summed E-state index contributed by atoms with van der Waals surface area (Å²) in [5.41, 5.74) is 1.87. The molecule has 1 atom stereocenters. The summed E-state index contributed by atoms with van der Waals surface area (Å²) < 4.78 is 1.55. The van der Waals surface area contributed by atoms with Crippen LogP contribution < -0.4 is 15.1 Å². The molecule has 0 fully saturated rings. The Kier molecular flexibility index (Phi) is 4.91. The van der Waals surface area contributed by atoms with E-state index in [-0.39, 0.29) is 11.5 Å². The molecule has 0 spiro atoms. The fraction of sp³-hybridized carbons (Fsp3) is 0.158. The van der Waals surface area contributed by atoms with Gasteiger partial charge in [0, 0.05) is 12.0 Å². The summed E-state index contributed by atoms with van der Waals surface area (Å²) in [6.07, 6.45) is 1.06. The van der Waals surface area contributed by atoms with Gasteiger partial charge in [-0.25, -0.2) is 4.90 Å². The number of hydrogen-bond acceptors (Lipinski definition) is 4. The van der Waals surface area contributed by atoms with Gasteiger partial charge in [-0.2, -0.15) is 0 Å². The van der Waals surface area contributed by atoms with E-state index in [0.717, 1.165) is 0 Å². The Bertz CT molecular complexity index is 1160. The summed E-state index contributed by atoms with van der Waals surface area (Å²) in [7, 11) is 0. The molecule has 0 aliphatic carbocycles. The smallest absolute Gasteiger partial charge is 0.291 e. The second-order valence-corrected chi connectivity index (χ2v) is 7.76. The SMILES string of the molecule is CSc1n[n+]2c(c(=O)[nH]1)-c1ccccc1N(C(C)=O)C2c1cccc(Cl)c1Cl. The van der Waals surface area contributed by atoms with Crippen LogP contribution in [0.15, 0.2) is 52.4 Å². The maximum Gasteiger partial charge on any atom is 0.325 e. The number of carbonyl (C=O) groups excluding carboxylic acids is 1. The third kappa shape index (κ3) is 2.90. The van der Waals surface area contributed by atoms with Crippen LogP contribution in [0.5, 0.6) is 0 Å². The zero-order valence-electron chi connectivity index (χ0n) is 14.9. The first-order valence-electron chi connectivity index (χ1n) is 8.37. The van der Waals surface area contributed by atoms with E-state index in [1.54, 1.807) is 39.9 Å². The number of fused-ring (bicyclic) bond motifs is 3. The van der Waals surface area contributed by atoms with E-state index >= 15 is 0 Å². The summed E-state index contributed by atoms with van der Waals surface area (Å²) in [6, 6.07) is 12.4. The maximum absolute atomic E-state index is 12.9. The molecule has 6 nitrogen and oxygen atoms in total. The molecular weight excluding hydrogens is 419 g/mol. The van der Waals surface area contributed by atoms with Crippen molar-refractivity contribution in [2.75, 3.05) is 11.2 Å². The average molecular weight is 434 g/mol. The van der Waals surface area contributed by atoms with Crippen LogP contribution in [0.1, 0.15) is 18.7 Å². The number of nitrogens with one attached hydrogen (secondary N) is 1. The van der Waals surface area contributed by atoms with Crippen molar-refractivity contribution in [1.29, 1.82) is 0 Å². The van der Waals surface area contributed by atoms with Crippen LogP contribution in [0.25, 0.3) is 11.3 Å². The lowest BCUT2D eigenvalue weighted by Crippen LogP contribution is -2.60. The van der Waals surface area contributed by atoms with Gasteiger partial charge in [0.1, 0.15) is 0 Å². The topological polar surface area (TPSA) is 69.9 Å². The lowest BCUT2D eigenvalue weighted by molar-refractivity contribution is -0.763. The fourth-order valence-corrected chi connectivity index (χ4v) is 4.18. The van der Waals surface area contributed by atoms with E-state index in [1.807, 2.05) is 18.4 Å². The first-order valence-corrected chi connectivity index (χ1v) is 10.4. The molecule has 0 saturated heterocycles. The van der Waals surface area contributed by atoms with E-state index in [9.17, 15) is 9.59 Å². The van der Waals surface area contributed by atoms with Crippen molar-refractivity contribution >= 4 is 46.6 Å². The van der Waals surface area contributed by atoms with Crippen LogP contribution in [-0.4, -0.2) is 22.2 Å². The largest absolute Gasteiger partial charge is 0.325 e. The number of rotatable bonds is 2. The van der Waals surface area contributed by atoms with Crippen LogP contribution in [0.2, 0.25) is 10.0 Å². The number of amides is 1. The van der Waals surface area contributed by atoms with Crippen LogP contribution in [-0.2, 0) is 4.79 Å². The quantitative estimate of drug-likeness (QED) is 0.494.